The van der Waals surface area contributed by atoms with Crippen molar-refractivity contribution >= 4 is 16.1 Å². The Kier molecular flexibility index (Phi) is 9.10. The molecule has 7 heteroatoms. The van der Waals surface area contributed by atoms with Crippen LogP contribution in [0.2, 0.25) is 0 Å². The molecule has 1 atom stereocenters. The first kappa shape index (κ1) is 25.2. The molecular weight excluding hydrogens is 352 g/mol. The highest BCUT2D eigenvalue weighted by Gasteiger charge is 2.38. The van der Waals surface area contributed by atoms with Gasteiger partial charge in [-0.2, -0.15) is 4.31 Å². The lowest BCUT2D eigenvalue weighted by Crippen LogP contribution is -2.53. The molecule has 0 spiro atoms. The summed E-state index contributed by atoms with van der Waals surface area (Å²) in [5, 5.41) is 0. The maximum absolute atomic E-state index is 12.6. The molecular formula is C19H40N2O4S. The molecule has 0 aliphatic carbocycles. The third-order valence-electron chi connectivity index (χ3n) is 5.70. The largest absolute Gasteiger partial charge is 0.453 e. The van der Waals surface area contributed by atoms with Crippen LogP contribution >= 0.6 is 0 Å². The van der Waals surface area contributed by atoms with Crippen molar-refractivity contribution in [3.8, 4) is 0 Å². The summed E-state index contributed by atoms with van der Waals surface area (Å²) in [7, 11) is -0.329. The molecule has 0 radical (unpaired) electrons. The van der Waals surface area contributed by atoms with Gasteiger partial charge in [0.25, 0.3) is 0 Å². The minimum atomic E-state index is -3.32. The Morgan fingerprint density at radius 2 is 1.65 bits per heavy atom. The van der Waals surface area contributed by atoms with E-state index in [1.807, 2.05) is 13.8 Å². The van der Waals surface area contributed by atoms with E-state index in [1.54, 1.807) is 11.9 Å². The van der Waals surface area contributed by atoms with E-state index in [4.69, 9.17) is 4.74 Å². The van der Waals surface area contributed by atoms with Gasteiger partial charge in [-0.15, -0.1) is 0 Å². The topological polar surface area (TPSA) is 66.9 Å². The Balaban J connectivity index is 5.76. The Hall–Kier alpha value is -0.820. The monoisotopic (exact) mass is 392 g/mol. The van der Waals surface area contributed by atoms with Gasteiger partial charge in [-0.25, -0.2) is 13.2 Å². The van der Waals surface area contributed by atoms with Crippen molar-refractivity contribution in [3.63, 3.8) is 0 Å². The second kappa shape index (κ2) is 9.40. The molecule has 156 valence electrons. The highest BCUT2D eigenvalue weighted by atomic mass is 32.2. The molecule has 0 bridgehead atoms. The Morgan fingerprint density at radius 3 is 2.00 bits per heavy atom. The Bertz CT molecular complexity index is 556. The fourth-order valence-electron chi connectivity index (χ4n) is 2.94. The van der Waals surface area contributed by atoms with E-state index in [0.29, 0.717) is 18.9 Å². The maximum Gasteiger partial charge on any atom is 0.409 e. The van der Waals surface area contributed by atoms with E-state index >= 15 is 0 Å². The average Bonchev–Trinajstić information content (AvgIpc) is 2.49. The molecule has 0 saturated carbocycles. The van der Waals surface area contributed by atoms with Crippen molar-refractivity contribution in [2.24, 2.45) is 11.3 Å². The van der Waals surface area contributed by atoms with Crippen molar-refractivity contribution < 1.29 is 17.9 Å². The van der Waals surface area contributed by atoms with Crippen LogP contribution in [0.25, 0.3) is 0 Å². The van der Waals surface area contributed by atoms with Gasteiger partial charge in [0.1, 0.15) is 0 Å². The third kappa shape index (κ3) is 7.06. The third-order valence-corrected chi connectivity index (χ3v) is 7.19. The van der Waals surface area contributed by atoms with Crippen LogP contribution in [-0.4, -0.2) is 62.3 Å². The highest BCUT2D eigenvalue weighted by Crippen LogP contribution is 2.32. The van der Waals surface area contributed by atoms with Crippen molar-refractivity contribution in [2.45, 2.75) is 79.3 Å². The molecule has 1 amide bonds. The lowest BCUT2D eigenvalue weighted by molar-refractivity contribution is 0.0527. The van der Waals surface area contributed by atoms with Crippen LogP contribution in [0.5, 0.6) is 0 Å². The normalized spacial score (nSPS) is 14.6. The van der Waals surface area contributed by atoms with Crippen molar-refractivity contribution in [3.05, 3.63) is 0 Å². The number of hydrogen-bond donors (Lipinski definition) is 0. The predicted molar refractivity (Wildman–Crippen MR) is 108 cm³/mol. The number of sulfonamides is 1. The van der Waals surface area contributed by atoms with Gasteiger partial charge in [0, 0.05) is 25.2 Å². The van der Waals surface area contributed by atoms with Gasteiger partial charge in [0.05, 0.1) is 13.4 Å². The molecule has 0 aromatic rings. The smallest absolute Gasteiger partial charge is 0.409 e. The fraction of sp³-hybridized carbons (Fsp3) is 0.947. The molecule has 0 saturated heterocycles. The number of carbonyl (C=O) groups excluding carboxylic acids is 1. The van der Waals surface area contributed by atoms with E-state index in [9.17, 15) is 13.2 Å². The number of hydrogen-bond acceptors (Lipinski definition) is 4. The van der Waals surface area contributed by atoms with Crippen LogP contribution in [-0.2, 0) is 14.8 Å². The van der Waals surface area contributed by atoms with E-state index in [1.165, 1.54) is 17.7 Å². The van der Waals surface area contributed by atoms with Crippen LogP contribution in [0.1, 0.15) is 67.7 Å². The maximum atomic E-state index is 12.6. The fourth-order valence-corrected chi connectivity index (χ4v) is 3.91. The minimum Gasteiger partial charge on any atom is -0.453 e. The molecule has 6 nitrogen and oxygen atoms in total. The summed E-state index contributed by atoms with van der Waals surface area (Å²) < 4.78 is 30.5. The average molecular weight is 393 g/mol. The molecule has 1 unspecified atom stereocenters. The van der Waals surface area contributed by atoms with Crippen LogP contribution < -0.4 is 0 Å². The zero-order chi connectivity index (χ0) is 20.9. The SMILES string of the molecule is CCCC(CC(C)(C)N(C)S(C)(=O)=O)N(CC(C)(C)C(C)C)C(=O)OC. The summed E-state index contributed by atoms with van der Waals surface area (Å²) in [6, 6.07) is -0.0929. The summed E-state index contributed by atoms with van der Waals surface area (Å²) in [6.45, 7) is 15.0. The second-order valence-electron chi connectivity index (χ2n) is 8.93. The quantitative estimate of drug-likeness (QED) is 0.564. The van der Waals surface area contributed by atoms with Gasteiger partial charge in [-0.3, -0.25) is 0 Å². The molecule has 0 heterocycles. The number of amides is 1. The van der Waals surface area contributed by atoms with E-state index in [2.05, 4.69) is 34.6 Å². The lowest BCUT2D eigenvalue weighted by atomic mass is 9.80. The van der Waals surface area contributed by atoms with Crippen LogP contribution in [0, 0.1) is 11.3 Å². The van der Waals surface area contributed by atoms with E-state index in [0.717, 1.165) is 12.8 Å². The first-order valence-electron chi connectivity index (χ1n) is 9.38. The number of rotatable bonds is 10. The molecule has 0 N–H and O–H groups in total. The van der Waals surface area contributed by atoms with E-state index < -0.39 is 15.6 Å². The zero-order valence-corrected chi connectivity index (χ0v) is 19.2. The zero-order valence-electron chi connectivity index (χ0n) is 18.4. The number of ether oxygens (including phenoxy) is 1. The first-order chi connectivity index (χ1) is 11.6. The van der Waals surface area contributed by atoms with Gasteiger partial charge in [0.15, 0.2) is 0 Å². The second-order valence-corrected chi connectivity index (χ2v) is 10.9. The number of carbonyl (C=O) groups is 1. The molecule has 0 rings (SSSR count). The van der Waals surface area contributed by atoms with Crippen LogP contribution in [0.3, 0.4) is 0 Å². The van der Waals surface area contributed by atoms with Crippen LogP contribution in [0.15, 0.2) is 0 Å². The summed E-state index contributed by atoms with van der Waals surface area (Å²) in [6.07, 6.45) is 3.11. The molecule has 0 aromatic heterocycles. The predicted octanol–water partition coefficient (Wildman–Crippen LogP) is 3.97. The lowest BCUT2D eigenvalue weighted by Gasteiger charge is -2.43. The van der Waals surface area contributed by atoms with Gasteiger partial charge in [-0.05, 0) is 38.0 Å². The van der Waals surface area contributed by atoms with Crippen molar-refractivity contribution in [1.29, 1.82) is 0 Å². The molecule has 26 heavy (non-hydrogen) atoms. The summed E-state index contributed by atoms with van der Waals surface area (Å²) in [4.78, 5) is 14.3. The van der Waals surface area contributed by atoms with Gasteiger partial charge in [-0.1, -0.05) is 41.0 Å². The Labute approximate surface area is 161 Å². The summed E-state index contributed by atoms with van der Waals surface area (Å²) in [5.41, 5.74) is -0.686. The van der Waals surface area contributed by atoms with Crippen molar-refractivity contribution in [2.75, 3.05) is 27.0 Å². The molecule has 0 aromatic carbocycles. The van der Waals surface area contributed by atoms with Crippen molar-refractivity contribution in [1.82, 2.24) is 9.21 Å². The molecule has 0 fully saturated rings. The van der Waals surface area contributed by atoms with E-state index in [-0.39, 0.29) is 17.6 Å². The molecule has 0 aliphatic heterocycles. The highest BCUT2D eigenvalue weighted by molar-refractivity contribution is 7.88. The van der Waals surface area contributed by atoms with Gasteiger partial charge < -0.3 is 9.64 Å². The first-order valence-corrected chi connectivity index (χ1v) is 11.2. The number of nitrogens with zero attached hydrogens (tertiary/aromatic N) is 2. The summed E-state index contributed by atoms with van der Waals surface area (Å²) >= 11 is 0. The number of methoxy groups -OCH3 is 1. The van der Waals surface area contributed by atoms with Gasteiger partial charge >= 0.3 is 6.09 Å². The van der Waals surface area contributed by atoms with Crippen LogP contribution in [0.4, 0.5) is 4.79 Å². The standard InChI is InChI=1S/C19H40N2O4S/c1-11-12-16(13-19(6,7)20(8)26(10,23)24)21(17(22)25-9)14-18(4,5)15(2)3/h15-16H,11-14H2,1-10H3. The summed E-state index contributed by atoms with van der Waals surface area (Å²) in [5.74, 6) is 0.392. The minimum absolute atomic E-state index is 0.0763. The van der Waals surface area contributed by atoms with Gasteiger partial charge in [0.2, 0.25) is 10.0 Å². The molecule has 0 aliphatic rings. The Morgan fingerprint density at radius 1 is 1.15 bits per heavy atom.